The first-order valence-corrected chi connectivity index (χ1v) is 13.0. The summed E-state index contributed by atoms with van der Waals surface area (Å²) in [5.74, 6) is -0.403. The van der Waals surface area contributed by atoms with Gasteiger partial charge >= 0.3 is 5.97 Å². The number of imide groups is 1. The van der Waals surface area contributed by atoms with Crippen molar-refractivity contribution in [2.24, 2.45) is 0 Å². The van der Waals surface area contributed by atoms with Crippen LogP contribution in [-0.4, -0.2) is 28.6 Å². The Hall–Kier alpha value is -3.07. The zero-order valence-electron chi connectivity index (χ0n) is 19.4. The lowest BCUT2D eigenvalue weighted by Crippen LogP contribution is -2.27. The molecule has 1 aliphatic heterocycles. The summed E-state index contributed by atoms with van der Waals surface area (Å²) in [7, 11) is 0. The van der Waals surface area contributed by atoms with Crippen molar-refractivity contribution in [3.63, 3.8) is 0 Å². The summed E-state index contributed by atoms with van der Waals surface area (Å²) < 4.78 is 11.8. The summed E-state index contributed by atoms with van der Waals surface area (Å²) in [6.45, 7) is 4.29. The van der Waals surface area contributed by atoms with Crippen LogP contribution in [-0.2, 0) is 11.3 Å². The lowest BCUT2D eigenvalue weighted by Gasteiger charge is -2.14. The lowest BCUT2D eigenvalue weighted by molar-refractivity contribution is -0.123. The van der Waals surface area contributed by atoms with Gasteiger partial charge in [-0.15, -0.1) is 0 Å². The first kappa shape index (κ1) is 26.0. The minimum absolute atomic E-state index is 0.210. The van der Waals surface area contributed by atoms with E-state index < -0.39 is 5.97 Å². The number of halogens is 2. The summed E-state index contributed by atoms with van der Waals surface area (Å²) in [5.41, 5.74) is 2.86. The zero-order chi connectivity index (χ0) is 25.8. The Balaban J connectivity index is 1.59. The molecule has 0 aromatic heterocycles. The molecule has 0 N–H and O–H groups in total. The number of benzene rings is 3. The Morgan fingerprint density at radius 3 is 2.53 bits per heavy atom. The van der Waals surface area contributed by atoms with Crippen LogP contribution in [0.1, 0.15) is 34.0 Å². The van der Waals surface area contributed by atoms with Crippen molar-refractivity contribution >= 4 is 62.5 Å². The number of ether oxygens (including phenoxy) is 2. The van der Waals surface area contributed by atoms with Crippen molar-refractivity contribution in [3.8, 4) is 11.5 Å². The van der Waals surface area contributed by atoms with Crippen molar-refractivity contribution in [2.45, 2.75) is 20.4 Å². The molecule has 0 aliphatic carbocycles. The lowest BCUT2D eigenvalue weighted by atomic mass is 10.1. The average Bonchev–Trinajstić information content (AvgIpc) is 3.10. The van der Waals surface area contributed by atoms with Gasteiger partial charge in [0.2, 0.25) is 0 Å². The van der Waals surface area contributed by atoms with Crippen molar-refractivity contribution < 1.29 is 23.9 Å². The molecule has 0 spiro atoms. The van der Waals surface area contributed by atoms with Gasteiger partial charge in [0.15, 0.2) is 11.5 Å². The van der Waals surface area contributed by atoms with E-state index in [1.807, 2.05) is 38.1 Å². The zero-order valence-corrected chi connectivity index (χ0v) is 22.6. The number of aryl methyl sites for hydroxylation is 1. The summed E-state index contributed by atoms with van der Waals surface area (Å²) in [4.78, 5) is 39.8. The second-order valence-electron chi connectivity index (χ2n) is 7.85. The number of hydrogen-bond donors (Lipinski definition) is 0. The minimum Gasteiger partial charge on any atom is -0.490 e. The van der Waals surface area contributed by atoms with E-state index in [0.29, 0.717) is 37.9 Å². The highest BCUT2D eigenvalue weighted by atomic mass is 79.9. The van der Waals surface area contributed by atoms with Gasteiger partial charge in [-0.3, -0.25) is 14.5 Å². The maximum absolute atomic E-state index is 13.0. The van der Waals surface area contributed by atoms with Crippen molar-refractivity contribution in [1.82, 2.24) is 4.90 Å². The molecule has 3 aromatic carbocycles. The van der Waals surface area contributed by atoms with E-state index in [9.17, 15) is 14.4 Å². The van der Waals surface area contributed by atoms with Gasteiger partial charge < -0.3 is 9.47 Å². The number of carbonyl (C=O) groups is 3. The monoisotopic (exact) mass is 585 g/mol. The summed E-state index contributed by atoms with van der Waals surface area (Å²) in [6.07, 6.45) is 1.63. The summed E-state index contributed by atoms with van der Waals surface area (Å²) >= 11 is 10.2. The third-order valence-corrected chi connectivity index (χ3v) is 7.12. The topological polar surface area (TPSA) is 72.9 Å². The van der Waals surface area contributed by atoms with Crippen LogP contribution in [0.3, 0.4) is 0 Å². The van der Waals surface area contributed by atoms with Crippen molar-refractivity contribution in [2.75, 3.05) is 6.61 Å². The molecule has 1 fully saturated rings. The quantitative estimate of drug-likeness (QED) is 0.165. The number of nitrogens with zero attached hydrogens (tertiary/aromatic N) is 1. The largest absolute Gasteiger partial charge is 0.490 e. The van der Waals surface area contributed by atoms with E-state index in [-0.39, 0.29) is 23.4 Å². The van der Waals surface area contributed by atoms with Gasteiger partial charge in [0.05, 0.1) is 28.1 Å². The SMILES string of the molecule is CCOc1cc(/C=C2\SC(=O)N(Cc3ccccc3C)C2=O)cc(Br)c1OC(=O)c1ccc(Cl)cc1. The second-order valence-corrected chi connectivity index (χ2v) is 10.1. The summed E-state index contributed by atoms with van der Waals surface area (Å²) in [6, 6.07) is 17.3. The van der Waals surface area contributed by atoms with Crippen LogP contribution in [0.2, 0.25) is 5.02 Å². The average molecular weight is 587 g/mol. The third kappa shape index (κ3) is 5.83. The van der Waals surface area contributed by atoms with Gasteiger partial charge in [-0.1, -0.05) is 35.9 Å². The summed E-state index contributed by atoms with van der Waals surface area (Å²) in [5, 5.41) is 0.183. The Kier molecular flexibility index (Phi) is 8.18. The van der Waals surface area contributed by atoms with Gasteiger partial charge in [0.25, 0.3) is 11.1 Å². The molecule has 2 amide bonds. The highest BCUT2D eigenvalue weighted by Gasteiger charge is 2.35. The Morgan fingerprint density at radius 1 is 1.11 bits per heavy atom. The predicted molar refractivity (Wildman–Crippen MR) is 144 cm³/mol. The smallest absolute Gasteiger partial charge is 0.343 e. The van der Waals surface area contributed by atoms with Gasteiger partial charge in [0.1, 0.15) is 0 Å². The maximum atomic E-state index is 13.0. The molecule has 1 saturated heterocycles. The molecule has 1 aliphatic rings. The van der Waals surface area contributed by atoms with Crippen LogP contribution >= 0.6 is 39.3 Å². The molecule has 3 aromatic rings. The second kappa shape index (κ2) is 11.3. The highest BCUT2D eigenvalue weighted by molar-refractivity contribution is 9.10. The minimum atomic E-state index is -0.571. The number of carbonyl (C=O) groups excluding carboxylic acids is 3. The van der Waals surface area contributed by atoms with Gasteiger partial charge in [-0.05, 0) is 101 Å². The number of rotatable bonds is 7. The van der Waals surface area contributed by atoms with Crippen LogP contribution in [0.4, 0.5) is 4.79 Å². The van der Waals surface area contributed by atoms with E-state index in [2.05, 4.69) is 15.9 Å². The first-order valence-electron chi connectivity index (χ1n) is 11.0. The van der Waals surface area contributed by atoms with E-state index in [0.717, 1.165) is 22.9 Å². The molecule has 184 valence electrons. The van der Waals surface area contributed by atoms with E-state index in [1.165, 1.54) is 4.90 Å². The number of amides is 2. The van der Waals surface area contributed by atoms with Crippen LogP contribution in [0, 0.1) is 6.92 Å². The molecule has 4 rings (SSSR count). The molecular weight excluding hydrogens is 566 g/mol. The highest BCUT2D eigenvalue weighted by Crippen LogP contribution is 2.40. The molecule has 6 nitrogen and oxygen atoms in total. The van der Waals surface area contributed by atoms with Gasteiger partial charge in [0, 0.05) is 5.02 Å². The molecule has 9 heteroatoms. The molecule has 0 radical (unpaired) electrons. The number of esters is 1. The van der Waals surface area contributed by atoms with E-state index in [4.69, 9.17) is 21.1 Å². The van der Waals surface area contributed by atoms with Crippen LogP contribution in [0.25, 0.3) is 6.08 Å². The fourth-order valence-corrected chi connectivity index (χ4v) is 5.02. The molecule has 0 unspecified atom stereocenters. The maximum Gasteiger partial charge on any atom is 0.343 e. The molecule has 0 saturated carbocycles. The fourth-order valence-electron chi connectivity index (χ4n) is 3.52. The fraction of sp³-hybridized carbons (Fsp3) is 0.148. The third-order valence-electron chi connectivity index (χ3n) is 5.37. The van der Waals surface area contributed by atoms with Crippen LogP contribution in [0.5, 0.6) is 11.5 Å². The molecule has 1 heterocycles. The molecule has 0 bridgehead atoms. The number of hydrogen-bond acceptors (Lipinski definition) is 6. The Morgan fingerprint density at radius 2 is 1.83 bits per heavy atom. The Bertz CT molecular complexity index is 1370. The van der Waals surface area contributed by atoms with Crippen LogP contribution < -0.4 is 9.47 Å². The first-order chi connectivity index (χ1) is 17.3. The van der Waals surface area contributed by atoms with Gasteiger partial charge in [-0.25, -0.2) is 4.79 Å². The molecule has 36 heavy (non-hydrogen) atoms. The molecular formula is C27H21BrClNO5S. The van der Waals surface area contributed by atoms with Gasteiger partial charge in [-0.2, -0.15) is 0 Å². The van der Waals surface area contributed by atoms with E-state index in [1.54, 1.807) is 42.5 Å². The Labute approximate surface area is 226 Å². The van der Waals surface area contributed by atoms with Crippen molar-refractivity contribution in [1.29, 1.82) is 0 Å². The van der Waals surface area contributed by atoms with E-state index >= 15 is 0 Å². The standard InChI is InChI=1S/C27H21BrClNO5S/c1-3-34-22-13-17(12-21(28)24(22)35-26(32)18-8-10-20(29)11-9-18)14-23-25(31)30(27(33)36-23)15-19-7-5-4-6-16(19)2/h4-14H,3,15H2,1-2H3/b23-14-. The number of thioether (sulfide) groups is 1. The predicted octanol–water partition coefficient (Wildman–Crippen LogP) is 7.27. The normalized spacial score (nSPS) is 14.4. The van der Waals surface area contributed by atoms with Crippen LogP contribution in [0.15, 0.2) is 70.0 Å². The molecule has 0 atom stereocenters. The van der Waals surface area contributed by atoms with Crippen molar-refractivity contribution in [3.05, 3.63) is 97.3 Å².